The molecular weight excluding hydrogens is 268 g/mol. The lowest BCUT2D eigenvalue weighted by Gasteiger charge is -2.18. The van der Waals surface area contributed by atoms with Gasteiger partial charge in [0.25, 0.3) is 0 Å². The molecule has 0 saturated heterocycles. The summed E-state index contributed by atoms with van der Waals surface area (Å²) >= 11 is 0. The molecule has 6 heteroatoms. The maximum Gasteiger partial charge on any atom is 0.315 e. The van der Waals surface area contributed by atoms with Crippen molar-refractivity contribution >= 4 is 6.03 Å². The summed E-state index contributed by atoms with van der Waals surface area (Å²) < 4.78 is 1.87. The fraction of sp³-hybridized carbons (Fsp3) is 0.733. The standard InChI is InChI=1S/C15H28N4O2/c1-10(7-6-8-20)16-15(21)17-11(2)9-14-12(3)18-19(5)13(14)4/h10-11,20H,6-9H2,1-5H3,(H2,16,17,21). The van der Waals surface area contributed by atoms with Crippen LogP contribution in [0.15, 0.2) is 0 Å². The Morgan fingerprint density at radius 2 is 1.90 bits per heavy atom. The monoisotopic (exact) mass is 296 g/mol. The van der Waals surface area contributed by atoms with Crippen molar-refractivity contribution in [2.75, 3.05) is 6.61 Å². The van der Waals surface area contributed by atoms with E-state index in [4.69, 9.17) is 5.11 Å². The Kier molecular flexibility index (Phi) is 6.68. The van der Waals surface area contributed by atoms with Crippen LogP contribution in [0.25, 0.3) is 0 Å². The van der Waals surface area contributed by atoms with Crippen LogP contribution in [0.4, 0.5) is 4.79 Å². The van der Waals surface area contributed by atoms with Crippen molar-refractivity contribution in [3.05, 3.63) is 17.0 Å². The lowest BCUT2D eigenvalue weighted by molar-refractivity contribution is 0.231. The van der Waals surface area contributed by atoms with Crippen LogP contribution >= 0.6 is 0 Å². The molecule has 0 saturated carbocycles. The van der Waals surface area contributed by atoms with E-state index in [0.29, 0.717) is 6.42 Å². The minimum atomic E-state index is -0.160. The average molecular weight is 296 g/mol. The lowest BCUT2D eigenvalue weighted by atomic mass is 10.1. The van der Waals surface area contributed by atoms with E-state index in [2.05, 4.69) is 15.7 Å². The van der Waals surface area contributed by atoms with Gasteiger partial charge in [-0.1, -0.05) is 0 Å². The third-order valence-electron chi connectivity index (χ3n) is 3.72. The first kappa shape index (κ1) is 17.5. The maximum absolute atomic E-state index is 11.9. The summed E-state index contributed by atoms with van der Waals surface area (Å²) in [5.74, 6) is 0. The molecule has 2 amide bonds. The second-order valence-corrected chi connectivity index (χ2v) is 5.76. The van der Waals surface area contributed by atoms with E-state index in [0.717, 1.165) is 24.2 Å². The van der Waals surface area contributed by atoms with Gasteiger partial charge in [0.2, 0.25) is 0 Å². The van der Waals surface area contributed by atoms with Gasteiger partial charge in [-0.3, -0.25) is 4.68 Å². The van der Waals surface area contributed by atoms with Gasteiger partial charge in [0.1, 0.15) is 0 Å². The molecule has 1 aromatic rings. The first-order valence-corrected chi connectivity index (χ1v) is 7.52. The van der Waals surface area contributed by atoms with Crippen LogP contribution in [0.3, 0.4) is 0 Å². The van der Waals surface area contributed by atoms with Crippen molar-refractivity contribution in [1.82, 2.24) is 20.4 Å². The molecule has 0 radical (unpaired) electrons. The molecule has 120 valence electrons. The molecule has 21 heavy (non-hydrogen) atoms. The van der Waals surface area contributed by atoms with E-state index in [-0.39, 0.29) is 24.7 Å². The molecule has 0 spiro atoms. The zero-order chi connectivity index (χ0) is 16.0. The van der Waals surface area contributed by atoms with Crippen LogP contribution in [0.1, 0.15) is 43.6 Å². The minimum Gasteiger partial charge on any atom is -0.396 e. The smallest absolute Gasteiger partial charge is 0.315 e. The van der Waals surface area contributed by atoms with Crippen molar-refractivity contribution in [3.63, 3.8) is 0 Å². The van der Waals surface area contributed by atoms with Crippen LogP contribution in [0.5, 0.6) is 0 Å². The summed E-state index contributed by atoms with van der Waals surface area (Å²) in [5, 5.41) is 19.0. The molecule has 0 aliphatic rings. The van der Waals surface area contributed by atoms with Crippen LogP contribution in [0, 0.1) is 13.8 Å². The van der Waals surface area contributed by atoms with Crippen molar-refractivity contribution in [2.45, 2.75) is 59.0 Å². The van der Waals surface area contributed by atoms with E-state index >= 15 is 0 Å². The third kappa shape index (κ3) is 5.38. The second kappa shape index (κ2) is 8.02. The predicted molar refractivity (Wildman–Crippen MR) is 83.3 cm³/mol. The van der Waals surface area contributed by atoms with E-state index in [1.807, 2.05) is 39.4 Å². The third-order valence-corrected chi connectivity index (χ3v) is 3.72. The lowest BCUT2D eigenvalue weighted by Crippen LogP contribution is -2.45. The molecule has 6 nitrogen and oxygen atoms in total. The molecule has 1 heterocycles. The predicted octanol–water partition coefficient (Wildman–Crippen LogP) is 1.43. The fourth-order valence-corrected chi connectivity index (χ4v) is 2.43. The number of carbonyl (C=O) groups is 1. The van der Waals surface area contributed by atoms with Crippen LogP contribution < -0.4 is 10.6 Å². The first-order chi connectivity index (χ1) is 9.85. The first-order valence-electron chi connectivity index (χ1n) is 7.52. The number of amides is 2. The van der Waals surface area contributed by atoms with E-state index in [1.54, 1.807) is 0 Å². The van der Waals surface area contributed by atoms with Crippen molar-refractivity contribution in [3.8, 4) is 0 Å². The number of aliphatic hydroxyl groups is 1. The quantitative estimate of drug-likeness (QED) is 0.712. The number of aliphatic hydroxyl groups excluding tert-OH is 1. The van der Waals surface area contributed by atoms with E-state index in [1.165, 1.54) is 5.56 Å². The summed E-state index contributed by atoms with van der Waals surface area (Å²) in [7, 11) is 1.93. The van der Waals surface area contributed by atoms with Crippen LogP contribution in [0.2, 0.25) is 0 Å². The van der Waals surface area contributed by atoms with Gasteiger partial charge in [0.05, 0.1) is 5.69 Å². The number of nitrogens with one attached hydrogen (secondary N) is 2. The highest BCUT2D eigenvalue weighted by molar-refractivity contribution is 5.74. The average Bonchev–Trinajstić information content (AvgIpc) is 2.62. The second-order valence-electron chi connectivity index (χ2n) is 5.76. The topological polar surface area (TPSA) is 79.2 Å². The van der Waals surface area contributed by atoms with Gasteiger partial charge in [-0.2, -0.15) is 5.10 Å². The molecule has 0 bridgehead atoms. The number of urea groups is 1. The number of aromatic nitrogens is 2. The number of aryl methyl sites for hydroxylation is 2. The van der Waals surface area contributed by atoms with Gasteiger partial charge in [0.15, 0.2) is 0 Å². The molecule has 0 aromatic carbocycles. The van der Waals surface area contributed by atoms with Gasteiger partial charge < -0.3 is 15.7 Å². The largest absolute Gasteiger partial charge is 0.396 e. The van der Waals surface area contributed by atoms with Crippen molar-refractivity contribution in [2.24, 2.45) is 7.05 Å². The Hall–Kier alpha value is -1.56. The summed E-state index contributed by atoms with van der Waals surface area (Å²) in [6.45, 7) is 8.12. The van der Waals surface area contributed by atoms with Gasteiger partial charge in [-0.15, -0.1) is 0 Å². The summed E-state index contributed by atoms with van der Waals surface area (Å²) in [4.78, 5) is 11.9. The molecule has 0 aliphatic carbocycles. The highest BCUT2D eigenvalue weighted by Gasteiger charge is 2.15. The van der Waals surface area contributed by atoms with Gasteiger partial charge in [0, 0.05) is 31.4 Å². The maximum atomic E-state index is 11.9. The summed E-state index contributed by atoms with van der Waals surface area (Å²) in [5.41, 5.74) is 3.34. The molecule has 2 atom stereocenters. The Labute approximate surface area is 126 Å². The normalized spacial score (nSPS) is 13.8. The molecule has 2 unspecified atom stereocenters. The van der Waals surface area contributed by atoms with Gasteiger partial charge >= 0.3 is 6.03 Å². The van der Waals surface area contributed by atoms with Crippen molar-refractivity contribution < 1.29 is 9.90 Å². The Bertz CT molecular complexity index is 470. The minimum absolute atomic E-state index is 0.0386. The highest BCUT2D eigenvalue weighted by atomic mass is 16.3. The molecular formula is C15H28N4O2. The molecule has 1 aromatic heterocycles. The summed E-state index contributed by atoms with van der Waals surface area (Å²) in [6, 6.07) is -0.0602. The molecule has 1 rings (SSSR count). The Morgan fingerprint density at radius 3 is 2.43 bits per heavy atom. The summed E-state index contributed by atoms with van der Waals surface area (Å²) in [6.07, 6.45) is 2.24. The molecule has 0 aliphatic heterocycles. The van der Waals surface area contributed by atoms with E-state index in [9.17, 15) is 4.79 Å². The van der Waals surface area contributed by atoms with Crippen LogP contribution in [-0.2, 0) is 13.5 Å². The Balaban J connectivity index is 2.46. The van der Waals surface area contributed by atoms with Gasteiger partial charge in [-0.25, -0.2) is 4.79 Å². The SMILES string of the molecule is Cc1nn(C)c(C)c1CC(C)NC(=O)NC(C)CCCO. The molecule has 0 fully saturated rings. The number of carbonyl (C=O) groups excluding carboxylic acids is 1. The number of hydrogen-bond donors (Lipinski definition) is 3. The molecule has 3 N–H and O–H groups in total. The fourth-order valence-electron chi connectivity index (χ4n) is 2.43. The van der Waals surface area contributed by atoms with Crippen LogP contribution in [-0.4, -0.2) is 39.6 Å². The van der Waals surface area contributed by atoms with E-state index < -0.39 is 0 Å². The zero-order valence-corrected chi connectivity index (χ0v) is 13.7. The number of nitrogens with zero attached hydrogens (tertiary/aromatic N) is 2. The number of rotatable bonds is 7. The van der Waals surface area contributed by atoms with Crippen molar-refractivity contribution in [1.29, 1.82) is 0 Å². The van der Waals surface area contributed by atoms with Gasteiger partial charge in [-0.05, 0) is 52.5 Å². The Morgan fingerprint density at radius 1 is 1.29 bits per heavy atom. The zero-order valence-electron chi connectivity index (χ0n) is 13.7. The number of hydrogen-bond acceptors (Lipinski definition) is 3. The highest BCUT2D eigenvalue weighted by Crippen LogP contribution is 2.14.